The fraction of sp³-hybridized carbons (Fsp3) is 0.143. The standard InChI is InChI=1S/C14H12N4S/c1-9-16-11-7-10(3-4-12(11)17(9)2)13-8-19-14-15-5-6-18(13)14/h3-8H,1-2H3. The van der Waals surface area contributed by atoms with Gasteiger partial charge in [0.15, 0.2) is 4.96 Å². The van der Waals surface area contributed by atoms with Crippen LogP contribution in [0.2, 0.25) is 0 Å². The molecule has 0 bridgehead atoms. The van der Waals surface area contributed by atoms with Gasteiger partial charge >= 0.3 is 0 Å². The van der Waals surface area contributed by atoms with E-state index in [1.807, 2.05) is 26.4 Å². The van der Waals surface area contributed by atoms with Crippen molar-refractivity contribution in [2.75, 3.05) is 0 Å². The highest BCUT2D eigenvalue weighted by molar-refractivity contribution is 7.15. The molecule has 0 saturated carbocycles. The zero-order chi connectivity index (χ0) is 13.0. The molecule has 0 unspecified atom stereocenters. The lowest BCUT2D eigenvalue weighted by Crippen LogP contribution is -1.90. The van der Waals surface area contributed by atoms with Gasteiger partial charge in [0, 0.05) is 30.4 Å². The number of benzene rings is 1. The summed E-state index contributed by atoms with van der Waals surface area (Å²) in [6, 6.07) is 6.42. The van der Waals surface area contributed by atoms with Crippen LogP contribution in [0.1, 0.15) is 5.82 Å². The molecule has 0 aliphatic carbocycles. The smallest absolute Gasteiger partial charge is 0.194 e. The minimum absolute atomic E-state index is 1.02. The minimum atomic E-state index is 1.02. The molecule has 3 heterocycles. The maximum Gasteiger partial charge on any atom is 0.194 e. The first-order valence-corrected chi connectivity index (χ1v) is 6.96. The molecule has 5 heteroatoms. The van der Waals surface area contributed by atoms with E-state index in [9.17, 15) is 0 Å². The molecule has 0 aliphatic rings. The van der Waals surface area contributed by atoms with E-state index in [0.717, 1.165) is 16.3 Å². The van der Waals surface area contributed by atoms with Gasteiger partial charge in [0.25, 0.3) is 0 Å². The average molecular weight is 268 g/mol. The van der Waals surface area contributed by atoms with Gasteiger partial charge in [0.1, 0.15) is 5.82 Å². The van der Waals surface area contributed by atoms with Gasteiger partial charge in [-0.25, -0.2) is 9.97 Å². The van der Waals surface area contributed by atoms with E-state index in [2.05, 4.69) is 42.5 Å². The van der Waals surface area contributed by atoms with Crippen LogP contribution >= 0.6 is 11.3 Å². The van der Waals surface area contributed by atoms with Crippen molar-refractivity contribution in [1.29, 1.82) is 0 Å². The minimum Gasteiger partial charge on any atom is -0.331 e. The molecule has 0 amide bonds. The van der Waals surface area contributed by atoms with Gasteiger partial charge in [-0.2, -0.15) is 0 Å². The van der Waals surface area contributed by atoms with E-state index < -0.39 is 0 Å². The summed E-state index contributed by atoms with van der Waals surface area (Å²) in [5.74, 6) is 1.03. The van der Waals surface area contributed by atoms with Crippen LogP contribution in [0.3, 0.4) is 0 Å². The van der Waals surface area contributed by atoms with Crippen molar-refractivity contribution >= 4 is 27.3 Å². The third-order valence-corrected chi connectivity index (χ3v) is 4.40. The Morgan fingerprint density at radius 1 is 1.26 bits per heavy atom. The van der Waals surface area contributed by atoms with Crippen LogP contribution in [-0.2, 0) is 7.05 Å². The lowest BCUT2D eigenvalue weighted by Gasteiger charge is -2.01. The average Bonchev–Trinajstić information content (AvgIpc) is 3.05. The number of fused-ring (bicyclic) bond motifs is 2. The Bertz CT molecular complexity index is 897. The van der Waals surface area contributed by atoms with Crippen LogP contribution in [0.4, 0.5) is 0 Å². The summed E-state index contributed by atoms with van der Waals surface area (Å²) >= 11 is 1.66. The normalized spacial score (nSPS) is 11.7. The summed E-state index contributed by atoms with van der Waals surface area (Å²) < 4.78 is 4.22. The monoisotopic (exact) mass is 268 g/mol. The molecule has 0 N–H and O–H groups in total. The van der Waals surface area contributed by atoms with Crippen molar-refractivity contribution in [2.45, 2.75) is 6.92 Å². The highest BCUT2D eigenvalue weighted by atomic mass is 32.1. The largest absolute Gasteiger partial charge is 0.331 e. The summed E-state index contributed by atoms with van der Waals surface area (Å²) in [4.78, 5) is 9.92. The van der Waals surface area contributed by atoms with E-state index >= 15 is 0 Å². The molecule has 3 aromatic heterocycles. The highest BCUT2D eigenvalue weighted by Gasteiger charge is 2.09. The number of rotatable bonds is 1. The number of thiazole rings is 1. The second-order valence-electron chi connectivity index (χ2n) is 4.62. The van der Waals surface area contributed by atoms with Crippen molar-refractivity contribution in [3.63, 3.8) is 0 Å². The van der Waals surface area contributed by atoms with Crippen LogP contribution in [0.5, 0.6) is 0 Å². The molecular weight excluding hydrogens is 256 g/mol. The summed E-state index contributed by atoms with van der Waals surface area (Å²) in [6.07, 6.45) is 3.83. The lowest BCUT2D eigenvalue weighted by atomic mass is 10.1. The topological polar surface area (TPSA) is 35.1 Å². The van der Waals surface area contributed by atoms with Crippen LogP contribution < -0.4 is 0 Å². The number of aryl methyl sites for hydroxylation is 2. The molecule has 4 nitrogen and oxygen atoms in total. The van der Waals surface area contributed by atoms with Gasteiger partial charge < -0.3 is 4.57 Å². The second kappa shape index (κ2) is 3.68. The fourth-order valence-electron chi connectivity index (χ4n) is 2.41. The van der Waals surface area contributed by atoms with E-state index in [1.165, 1.54) is 16.8 Å². The first kappa shape index (κ1) is 10.8. The molecule has 4 aromatic rings. The van der Waals surface area contributed by atoms with Gasteiger partial charge in [-0.1, -0.05) is 6.07 Å². The van der Waals surface area contributed by atoms with E-state index in [1.54, 1.807) is 11.3 Å². The fourth-order valence-corrected chi connectivity index (χ4v) is 3.27. The van der Waals surface area contributed by atoms with Gasteiger partial charge in [-0.3, -0.25) is 4.40 Å². The van der Waals surface area contributed by atoms with Crippen molar-refractivity contribution in [3.8, 4) is 11.3 Å². The summed E-state index contributed by atoms with van der Waals surface area (Å²) in [5.41, 5.74) is 4.55. The lowest BCUT2D eigenvalue weighted by molar-refractivity contribution is 0.886. The van der Waals surface area contributed by atoms with Crippen LogP contribution in [0, 0.1) is 6.92 Å². The Morgan fingerprint density at radius 3 is 3.05 bits per heavy atom. The Balaban J connectivity index is 1.99. The number of nitrogens with zero attached hydrogens (tertiary/aromatic N) is 4. The molecule has 0 atom stereocenters. The third-order valence-electron chi connectivity index (χ3n) is 3.54. The number of aromatic nitrogens is 4. The van der Waals surface area contributed by atoms with Crippen molar-refractivity contribution < 1.29 is 0 Å². The van der Waals surface area contributed by atoms with Gasteiger partial charge in [0.05, 0.1) is 16.7 Å². The molecule has 0 spiro atoms. The quantitative estimate of drug-likeness (QED) is 0.531. The van der Waals surface area contributed by atoms with Crippen LogP contribution in [0.15, 0.2) is 36.0 Å². The zero-order valence-electron chi connectivity index (χ0n) is 10.7. The molecular formula is C14H12N4S. The van der Waals surface area contributed by atoms with Crippen LogP contribution in [0.25, 0.3) is 27.3 Å². The Kier molecular flexibility index (Phi) is 2.08. The molecule has 94 valence electrons. The van der Waals surface area contributed by atoms with E-state index in [0.29, 0.717) is 0 Å². The molecule has 1 aromatic carbocycles. The Hall–Kier alpha value is -2.14. The summed E-state index contributed by atoms with van der Waals surface area (Å²) in [5, 5.41) is 2.14. The highest BCUT2D eigenvalue weighted by Crippen LogP contribution is 2.28. The maximum absolute atomic E-state index is 4.59. The number of hydrogen-bond donors (Lipinski definition) is 0. The van der Waals surface area contributed by atoms with Gasteiger partial charge in [-0.05, 0) is 19.1 Å². The van der Waals surface area contributed by atoms with Crippen molar-refractivity contribution in [3.05, 3.63) is 41.8 Å². The van der Waals surface area contributed by atoms with Crippen molar-refractivity contribution in [1.82, 2.24) is 18.9 Å². The first-order chi connectivity index (χ1) is 9.24. The van der Waals surface area contributed by atoms with E-state index in [4.69, 9.17) is 0 Å². The number of hydrogen-bond acceptors (Lipinski definition) is 3. The molecule has 0 saturated heterocycles. The molecule has 19 heavy (non-hydrogen) atoms. The van der Waals surface area contributed by atoms with Crippen LogP contribution in [-0.4, -0.2) is 18.9 Å². The SMILES string of the molecule is Cc1nc2cc(-c3csc4nccn34)ccc2n1C. The summed E-state index contributed by atoms with van der Waals surface area (Å²) in [6.45, 7) is 2.03. The molecule has 0 fully saturated rings. The maximum atomic E-state index is 4.59. The molecule has 4 rings (SSSR count). The molecule has 0 aliphatic heterocycles. The third kappa shape index (κ3) is 1.45. The first-order valence-electron chi connectivity index (χ1n) is 6.08. The predicted octanol–water partition coefficient (Wildman–Crippen LogP) is 3.26. The molecule has 0 radical (unpaired) electrons. The van der Waals surface area contributed by atoms with E-state index in [-0.39, 0.29) is 0 Å². The van der Waals surface area contributed by atoms with Gasteiger partial charge in [0.2, 0.25) is 0 Å². The number of imidazole rings is 2. The zero-order valence-corrected chi connectivity index (χ0v) is 11.5. The Labute approximate surface area is 114 Å². The van der Waals surface area contributed by atoms with Crippen molar-refractivity contribution in [2.24, 2.45) is 7.05 Å². The summed E-state index contributed by atoms with van der Waals surface area (Å²) in [7, 11) is 2.04. The second-order valence-corrected chi connectivity index (χ2v) is 5.46. The predicted molar refractivity (Wildman–Crippen MR) is 77.5 cm³/mol. The Morgan fingerprint density at radius 2 is 2.16 bits per heavy atom. The van der Waals surface area contributed by atoms with Gasteiger partial charge in [-0.15, -0.1) is 11.3 Å².